The summed E-state index contributed by atoms with van der Waals surface area (Å²) in [6, 6.07) is 0.620. The summed E-state index contributed by atoms with van der Waals surface area (Å²) in [7, 11) is 0. The van der Waals surface area contributed by atoms with E-state index in [4.69, 9.17) is 0 Å². The van der Waals surface area contributed by atoms with E-state index in [0.717, 1.165) is 23.9 Å². The van der Waals surface area contributed by atoms with Crippen molar-refractivity contribution in [1.29, 1.82) is 0 Å². The van der Waals surface area contributed by atoms with Crippen molar-refractivity contribution < 1.29 is 0 Å². The molecule has 0 atom stereocenters. The van der Waals surface area contributed by atoms with Crippen LogP contribution in [0.3, 0.4) is 0 Å². The number of anilines is 1. The number of nitrogens with zero attached hydrogens (tertiary/aromatic N) is 3. The third-order valence-corrected chi connectivity index (χ3v) is 3.94. The molecule has 5 nitrogen and oxygen atoms in total. The van der Waals surface area contributed by atoms with Gasteiger partial charge in [-0.2, -0.15) is 5.10 Å². The Balaban J connectivity index is 1.75. The first-order valence-corrected chi connectivity index (χ1v) is 7.02. The van der Waals surface area contributed by atoms with Crippen molar-refractivity contribution in [3.63, 3.8) is 0 Å². The number of imidazole rings is 1. The Kier molecular flexibility index (Phi) is 3.27. The Labute approximate surface area is 113 Å². The number of aromatic nitrogens is 4. The summed E-state index contributed by atoms with van der Waals surface area (Å²) in [6.07, 6.45) is 9.26. The van der Waals surface area contributed by atoms with Gasteiger partial charge in [0, 0.05) is 30.0 Å². The standard InChI is InChI=1S/C14H21N5/c1-10-9-19(13-5-3-4-6-13)14(17-10)15-7-12-8-16-18-11(12)2/h8-9,13H,3-7H2,1-2H3,(H,15,17)(H,16,18). The minimum absolute atomic E-state index is 0.620. The van der Waals surface area contributed by atoms with Gasteiger partial charge in [0.1, 0.15) is 0 Å². The van der Waals surface area contributed by atoms with E-state index < -0.39 is 0 Å². The van der Waals surface area contributed by atoms with Crippen molar-refractivity contribution >= 4 is 5.95 Å². The van der Waals surface area contributed by atoms with Crippen molar-refractivity contribution in [1.82, 2.24) is 19.7 Å². The number of hydrogen-bond acceptors (Lipinski definition) is 3. The number of aromatic amines is 1. The zero-order valence-corrected chi connectivity index (χ0v) is 11.6. The van der Waals surface area contributed by atoms with Crippen LogP contribution in [0.4, 0.5) is 5.95 Å². The molecule has 3 rings (SSSR count). The highest BCUT2D eigenvalue weighted by atomic mass is 15.2. The Hall–Kier alpha value is -1.78. The molecule has 2 aromatic rings. The molecule has 0 bridgehead atoms. The van der Waals surface area contributed by atoms with E-state index in [1.54, 1.807) is 0 Å². The lowest BCUT2D eigenvalue weighted by atomic mass is 10.2. The van der Waals surface area contributed by atoms with Gasteiger partial charge in [-0.25, -0.2) is 4.98 Å². The van der Waals surface area contributed by atoms with E-state index >= 15 is 0 Å². The summed E-state index contributed by atoms with van der Waals surface area (Å²) in [5.41, 5.74) is 3.39. The normalized spacial score (nSPS) is 16.1. The number of nitrogens with one attached hydrogen (secondary N) is 2. The first kappa shape index (κ1) is 12.3. The Morgan fingerprint density at radius 2 is 2.16 bits per heavy atom. The highest BCUT2D eigenvalue weighted by Crippen LogP contribution is 2.32. The van der Waals surface area contributed by atoms with Gasteiger partial charge in [-0.15, -0.1) is 0 Å². The molecule has 5 heteroatoms. The predicted molar refractivity (Wildman–Crippen MR) is 75.1 cm³/mol. The fraction of sp³-hybridized carbons (Fsp3) is 0.571. The topological polar surface area (TPSA) is 58.5 Å². The molecule has 2 aromatic heterocycles. The lowest BCUT2D eigenvalue weighted by Gasteiger charge is -2.15. The molecule has 2 N–H and O–H groups in total. The molecule has 1 aliphatic rings. The summed E-state index contributed by atoms with van der Waals surface area (Å²) in [5, 5.41) is 10.5. The molecule has 102 valence electrons. The lowest BCUT2D eigenvalue weighted by molar-refractivity contribution is 0.522. The molecule has 0 aromatic carbocycles. The average molecular weight is 259 g/mol. The summed E-state index contributed by atoms with van der Waals surface area (Å²) < 4.78 is 2.32. The third-order valence-electron chi connectivity index (χ3n) is 3.94. The maximum absolute atomic E-state index is 4.61. The Morgan fingerprint density at radius 1 is 1.37 bits per heavy atom. The van der Waals surface area contributed by atoms with E-state index in [1.165, 1.54) is 31.2 Å². The molecule has 0 unspecified atom stereocenters. The highest BCUT2D eigenvalue weighted by molar-refractivity contribution is 5.32. The lowest BCUT2D eigenvalue weighted by Crippen LogP contribution is -2.10. The van der Waals surface area contributed by atoms with E-state index in [2.05, 4.69) is 38.2 Å². The van der Waals surface area contributed by atoms with Gasteiger partial charge in [-0.3, -0.25) is 5.10 Å². The SMILES string of the molecule is Cc1cn(C2CCCC2)c(NCc2cn[nH]c2C)n1. The van der Waals surface area contributed by atoms with Gasteiger partial charge in [0.05, 0.1) is 11.9 Å². The van der Waals surface area contributed by atoms with Crippen LogP contribution in [-0.2, 0) is 6.54 Å². The minimum atomic E-state index is 0.620. The van der Waals surface area contributed by atoms with Crippen LogP contribution in [0.25, 0.3) is 0 Å². The molecular formula is C14H21N5. The van der Waals surface area contributed by atoms with Gasteiger partial charge in [0.15, 0.2) is 0 Å². The van der Waals surface area contributed by atoms with E-state index in [9.17, 15) is 0 Å². The monoisotopic (exact) mass is 259 g/mol. The summed E-state index contributed by atoms with van der Waals surface area (Å²) in [4.78, 5) is 4.61. The average Bonchev–Trinajstić information content (AvgIpc) is 3.07. The predicted octanol–water partition coefficient (Wildman–Crippen LogP) is 2.95. The quantitative estimate of drug-likeness (QED) is 0.887. The molecule has 0 aliphatic heterocycles. The molecule has 1 aliphatic carbocycles. The molecule has 0 spiro atoms. The van der Waals surface area contributed by atoms with Crippen LogP contribution < -0.4 is 5.32 Å². The van der Waals surface area contributed by atoms with Gasteiger partial charge in [-0.05, 0) is 26.7 Å². The molecule has 1 fully saturated rings. The second kappa shape index (κ2) is 5.07. The van der Waals surface area contributed by atoms with Crippen molar-refractivity contribution in [2.24, 2.45) is 0 Å². The van der Waals surface area contributed by atoms with E-state index in [1.807, 2.05) is 13.1 Å². The molecular weight excluding hydrogens is 238 g/mol. The van der Waals surface area contributed by atoms with Gasteiger partial charge in [0.25, 0.3) is 0 Å². The largest absolute Gasteiger partial charge is 0.351 e. The van der Waals surface area contributed by atoms with Crippen LogP contribution in [0.15, 0.2) is 12.4 Å². The van der Waals surface area contributed by atoms with Crippen molar-refractivity contribution in [2.45, 2.75) is 52.1 Å². The van der Waals surface area contributed by atoms with E-state index in [-0.39, 0.29) is 0 Å². The van der Waals surface area contributed by atoms with Crippen LogP contribution >= 0.6 is 0 Å². The molecule has 2 heterocycles. The fourth-order valence-electron chi connectivity index (χ4n) is 2.84. The summed E-state index contributed by atoms with van der Waals surface area (Å²) >= 11 is 0. The molecule has 0 radical (unpaired) electrons. The maximum Gasteiger partial charge on any atom is 0.203 e. The highest BCUT2D eigenvalue weighted by Gasteiger charge is 2.20. The van der Waals surface area contributed by atoms with Gasteiger partial charge >= 0.3 is 0 Å². The molecule has 0 amide bonds. The van der Waals surface area contributed by atoms with Gasteiger partial charge in [-0.1, -0.05) is 12.8 Å². The second-order valence-corrected chi connectivity index (χ2v) is 5.43. The molecule has 1 saturated carbocycles. The second-order valence-electron chi connectivity index (χ2n) is 5.43. The zero-order chi connectivity index (χ0) is 13.2. The van der Waals surface area contributed by atoms with Crippen molar-refractivity contribution in [3.8, 4) is 0 Å². The summed E-state index contributed by atoms with van der Waals surface area (Å²) in [5.74, 6) is 0.991. The number of rotatable bonds is 4. The smallest absolute Gasteiger partial charge is 0.203 e. The van der Waals surface area contributed by atoms with E-state index in [0.29, 0.717) is 6.04 Å². The van der Waals surface area contributed by atoms with Crippen LogP contribution in [0.1, 0.15) is 48.7 Å². The van der Waals surface area contributed by atoms with Crippen molar-refractivity contribution in [3.05, 3.63) is 29.3 Å². The first-order valence-electron chi connectivity index (χ1n) is 7.02. The fourth-order valence-corrected chi connectivity index (χ4v) is 2.84. The van der Waals surface area contributed by atoms with Gasteiger partial charge < -0.3 is 9.88 Å². The maximum atomic E-state index is 4.61. The summed E-state index contributed by atoms with van der Waals surface area (Å²) in [6.45, 7) is 4.87. The Morgan fingerprint density at radius 3 is 2.84 bits per heavy atom. The van der Waals surface area contributed by atoms with Crippen LogP contribution in [0, 0.1) is 13.8 Å². The number of H-pyrrole nitrogens is 1. The van der Waals surface area contributed by atoms with Crippen LogP contribution in [-0.4, -0.2) is 19.7 Å². The molecule has 0 saturated heterocycles. The third kappa shape index (κ3) is 2.50. The van der Waals surface area contributed by atoms with Crippen LogP contribution in [0.5, 0.6) is 0 Å². The van der Waals surface area contributed by atoms with Crippen molar-refractivity contribution in [2.75, 3.05) is 5.32 Å². The number of aryl methyl sites for hydroxylation is 2. The zero-order valence-electron chi connectivity index (χ0n) is 11.6. The first-order chi connectivity index (χ1) is 9.24. The number of hydrogen-bond donors (Lipinski definition) is 2. The minimum Gasteiger partial charge on any atom is -0.351 e. The Bertz CT molecular complexity index is 548. The van der Waals surface area contributed by atoms with Crippen LogP contribution in [0.2, 0.25) is 0 Å². The van der Waals surface area contributed by atoms with Gasteiger partial charge in [0.2, 0.25) is 5.95 Å². The molecule has 19 heavy (non-hydrogen) atoms.